The summed E-state index contributed by atoms with van der Waals surface area (Å²) in [7, 11) is 1.79. The maximum atomic E-state index is 12.7. The molecule has 0 unspecified atom stereocenters. The van der Waals surface area contributed by atoms with Gasteiger partial charge in [-0.2, -0.15) is 13.2 Å². The summed E-state index contributed by atoms with van der Waals surface area (Å²) >= 11 is 0. The number of nitrogens with zero attached hydrogens (tertiary/aromatic N) is 3. The van der Waals surface area contributed by atoms with Crippen molar-refractivity contribution in [3.63, 3.8) is 0 Å². The van der Waals surface area contributed by atoms with E-state index in [1.807, 2.05) is 0 Å². The van der Waals surface area contributed by atoms with Crippen LogP contribution in [0.1, 0.15) is 24.2 Å². The average molecular weight is 258 g/mol. The van der Waals surface area contributed by atoms with Gasteiger partial charge < -0.3 is 10.3 Å². The normalized spacial score (nSPS) is 20.0. The first-order chi connectivity index (χ1) is 8.39. The van der Waals surface area contributed by atoms with Gasteiger partial charge in [-0.25, -0.2) is 9.98 Å². The zero-order valence-electron chi connectivity index (χ0n) is 9.83. The third-order valence-corrected chi connectivity index (χ3v) is 2.79. The molecule has 18 heavy (non-hydrogen) atoms. The van der Waals surface area contributed by atoms with Gasteiger partial charge in [0.15, 0.2) is 5.84 Å². The van der Waals surface area contributed by atoms with Crippen LogP contribution in [-0.4, -0.2) is 21.6 Å². The molecule has 2 N–H and O–H groups in total. The summed E-state index contributed by atoms with van der Waals surface area (Å²) in [5.41, 5.74) is 5.83. The molecule has 2 heterocycles. The molecule has 98 valence electrons. The molecule has 0 saturated heterocycles. The Bertz CT molecular complexity index is 511. The number of hydrogen-bond donors (Lipinski definition) is 1. The highest BCUT2D eigenvalue weighted by Crippen LogP contribution is 2.28. The van der Waals surface area contributed by atoms with Crippen molar-refractivity contribution in [2.75, 3.05) is 0 Å². The lowest BCUT2D eigenvalue weighted by molar-refractivity contribution is -0.0925. The Balaban J connectivity index is 2.48. The summed E-state index contributed by atoms with van der Waals surface area (Å²) in [6.45, 7) is 0. The summed E-state index contributed by atoms with van der Waals surface area (Å²) in [5.74, 6) is -0.184. The molecule has 4 nitrogen and oxygen atoms in total. The summed E-state index contributed by atoms with van der Waals surface area (Å²) in [4.78, 5) is 7.49. The van der Waals surface area contributed by atoms with E-state index in [2.05, 4.69) is 9.98 Å². The number of fused-ring (bicyclic) bond motifs is 1. The molecule has 2 rings (SSSR count). The molecule has 1 aliphatic heterocycles. The van der Waals surface area contributed by atoms with Crippen LogP contribution in [0.2, 0.25) is 0 Å². The third kappa shape index (κ3) is 2.39. The number of imidazole rings is 1. The minimum absolute atomic E-state index is 0.184. The predicted octanol–water partition coefficient (Wildman–Crippen LogP) is 1.91. The van der Waals surface area contributed by atoms with Gasteiger partial charge in [-0.15, -0.1) is 0 Å². The molecule has 0 fully saturated rings. The number of aryl methyl sites for hydroxylation is 1. The van der Waals surface area contributed by atoms with Gasteiger partial charge in [-0.1, -0.05) is 6.08 Å². The highest BCUT2D eigenvalue weighted by Gasteiger charge is 2.34. The van der Waals surface area contributed by atoms with E-state index in [0.29, 0.717) is 25.0 Å². The molecule has 0 spiro atoms. The largest absolute Gasteiger partial charge is 0.433 e. The molecule has 0 radical (unpaired) electrons. The van der Waals surface area contributed by atoms with Crippen molar-refractivity contribution >= 4 is 5.84 Å². The number of nitrogens with two attached hydrogens (primary N) is 1. The molecule has 1 aliphatic rings. The van der Waals surface area contributed by atoms with E-state index in [-0.39, 0.29) is 5.84 Å². The number of hydrogen-bond acceptors (Lipinski definition) is 3. The van der Waals surface area contributed by atoms with Gasteiger partial charge in [-0.3, -0.25) is 0 Å². The Kier molecular flexibility index (Phi) is 3.14. The SMILES string of the molecule is Cn1cnc2c1CCC/C=C(\C(F)(F)F)N=C2N. The zero-order chi connectivity index (χ0) is 13.3. The van der Waals surface area contributed by atoms with Crippen LogP contribution in [0, 0.1) is 0 Å². The molecule has 0 atom stereocenters. The fraction of sp³-hybridized carbons (Fsp3) is 0.455. The highest BCUT2D eigenvalue weighted by molar-refractivity contribution is 5.97. The zero-order valence-corrected chi connectivity index (χ0v) is 9.83. The van der Waals surface area contributed by atoms with E-state index in [1.165, 1.54) is 6.33 Å². The average Bonchev–Trinajstić information content (AvgIpc) is 2.64. The van der Waals surface area contributed by atoms with E-state index in [4.69, 9.17) is 5.73 Å². The van der Waals surface area contributed by atoms with E-state index < -0.39 is 11.9 Å². The van der Waals surface area contributed by atoms with Gasteiger partial charge in [0, 0.05) is 12.7 Å². The number of amidine groups is 1. The Labute approximate surface area is 102 Å². The number of aliphatic imine (C=N–C) groups is 1. The van der Waals surface area contributed by atoms with Crippen LogP contribution < -0.4 is 5.73 Å². The van der Waals surface area contributed by atoms with Gasteiger partial charge in [-0.05, 0) is 19.3 Å². The van der Waals surface area contributed by atoms with E-state index >= 15 is 0 Å². The molecule has 1 aromatic heterocycles. The first kappa shape index (κ1) is 12.7. The van der Waals surface area contributed by atoms with Gasteiger partial charge in [0.1, 0.15) is 11.4 Å². The van der Waals surface area contributed by atoms with Crippen molar-refractivity contribution in [3.8, 4) is 0 Å². The Morgan fingerprint density at radius 2 is 2.11 bits per heavy atom. The fourth-order valence-electron chi connectivity index (χ4n) is 1.88. The van der Waals surface area contributed by atoms with Crippen molar-refractivity contribution in [1.82, 2.24) is 9.55 Å². The van der Waals surface area contributed by atoms with Crippen LogP contribution in [-0.2, 0) is 13.5 Å². The maximum Gasteiger partial charge on any atom is 0.433 e. The van der Waals surface area contributed by atoms with Crippen molar-refractivity contribution in [2.45, 2.75) is 25.4 Å². The van der Waals surface area contributed by atoms with E-state index in [0.717, 1.165) is 11.8 Å². The van der Waals surface area contributed by atoms with Gasteiger partial charge >= 0.3 is 6.18 Å². The third-order valence-electron chi connectivity index (χ3n) is 2.79. The van der Waals surface area contributed by atoms with Gasteiger partial charge in [0.2, 0.25) is 0 Å². The quantitative estimate of drug-likeness (QED) is 0.772. The topological polar surface area (TPSA) is 56.2 Å². The molecular formula is C11H13F3N4. The Hall–Kier alpha value is -1.79. The van der Waals surface area contributed by atoms with Gasteiger partial charge in [0.05, 0.1) is 6.33 Å². The first-order valence-corrected chi connectivity index (χ1v) is 5.51. The Morgan fingerprint density at radius 3 is 2.78 bits per heavy atom. The van der Waals surface area contributed by atoms with Crippen LogP contribution in [0.25, 0.3) is 0 Å². The van der Waals surface area contributed by atoms with E-state index in [9.17, 15) is 13.2 Å². The summed E-state index contributed by atoms with van der Waals surface area (Å²) in [6.07, 6.45) is -0.316. The van der Waals surface area contributed by atoms with Crippen molar-refractivity contribution in [1.29, 1.82) is 0 Å². The van der Waals surface area contributed by atoms with Crippen molar-refractivity contribution < 1.29 is 13.2 Å². The second-order valence-corrected chi connectivity index (χ2v) is 4.13. The number of allylic oxidation sites excluding steroid dienone is 2. The highest BCUT2D eigenvalue weighted by atomic mass is 19.4. The summed E-state index contributed by atoms with van der Waals surface area (Å²) in [6, 6.07) is 0. The smallest absolute Gasteiger partial charge is 0.382 e. The lowest BCUT2D eigenvalue weighted by atomic mass is 10.1. The maximum absolute atomic E-state index is 12.7. The van der Waals surface area contributed by atoms with Crippen molar-refractivity contribution in [3.05, 3.63) is 29.5 Å². The standard InChI is InChI=1S/C11H13F3N4/c1-18-6-16-9-7(18)4-2-3-5-8(11(12,13)14)17-10(9)15/h5-6H,2-4H2,1H3,(H2,15,17)/b8-5+. The fourth-order valence-corrected chi connectivity index (χ4v) is 1.88. The Morgan fingerprint density at radius 1 is 1.39 bits per heavy atom. The second kappa shape index (κ2) is 4.47. The molecular weight excluding hydrogens is 245 g/mol. The van der Waals surface area contributed by atoms with Crippen LogP contribution >= 0.6 is 0 Å². The number of rotatable bonds is 0. The minimum Gasteiger partial charge on any atom is -0.382 e. The summed E-state index contributed by atoms with van der Waals surface area (Å²) < 4.78 is 39.8. The lowest BCUT2D eigenvalue weighted by Gasteiger charge is -2.07. The molecule has 0 amide bonds. The number of halogens is 3. The molecule has 0 aromatic carbocycles. The second-order valence-electron chi connectivity index (χ2n) is 4.13. The van der Waals surface area contributed by atoms with Crippen LogP contribution in [0.15, 0.2) is 23.1 Å². The number of aromatic nitrogens is 2. The molecule has 0 bridgehead atoms. The first-order valence-electron chi connectivity index (χ1n) is 5.51. The molecule has 7 heteroatoms. The van der Waals surface area contributed by atoms with E-state index in [1.54, 1.807) is 11.6 Å². The van der Waals surface area contributed by atoms with Crippen LogP contribution in [0.4, 0.5) is 13.2 Å². The minimum atomic E-state index is -4.48. The van der Waals surface area contributed by atoms with Gasteiger partial charge in [0.25, 0.3) is 0 Å². The number of alkyl halides is 3. The lowest BCUT2D eigenvalue weighted by Crippen LogP contribution is -2.20. The predicted molar refractivity (Wildman–Crippen MR) is 61.0 cm³/mol. The summed E-state index contributed by atoms with van der Waals surface area (Å²) in [5, 5.41) is 0. The molecule has 0 saturated carbocycles. The van der Waals surface area contributed by atoms with Crippen LogP contribution in [0.5, 0.6) is 0 Å². The van der Waals surface area contributed by atoms with Crippen LogP contribution in [0.3, 0.4) is 0 Å². The van der Waals surface area contributed by atoms with Crippen molar-refractivity contribution in [2.24, 2.45) is 17.8 Å². The monoisotopic (exact) mass is 258 g/mol. The molecule has 0 aliphatic carbocycles. The molecule has 1 aromatic rings.